The van der Waals surface area contributed by atoms with E-state index in [-0.39, 0.29) is 17.9 Å². The van der Waals surface area contributed by atoms with Crippen molar-refractivity contribution in [3.8, 4) is 11.5 Å². The van der Waals surface area contributed by atoms with Crippen molar-refractivity contribution in [1.82, 2.24) is 5.32 Å². The van der Waals surface area contributed by atoms with E-state index in [9.17, 15) is 18.0 Å². The fraction of sp³-hybridized carbons (Fsp3) is 0.235. The van der Waals surface area contributed by atoms with E-state index in [2.05, 4.69) is 15.4 Å². The van der Waals surface area contributed by atoms with Crippen LogP contribution in [0.15, 0.2) is 48.5 Å². The molecule has 2 aromatic carbocycles. The van der Waals surface area contributed by atoms with Crippen LogP contribution in [0, 0.1) is 0 Å². The fourth-order valence-electron chi connectivity index (χ4n) is 2.03. The number of nitrogens with one attached hydrogen (secondary N) is 2. The van der Waals surface area contributed by atoms with Crippen LogP contribution < -0.4 is 20.1 Å². The van der Waals surface area contributed by atoms with E-state index in [0.717, 1.165) is 0 Å². The van der Waals surface area contributed by atoms with Gasteiger partial charge in [0.05, 0.1) is 6.61 Å². The van der Waals surface area contributed by atoms with Crippen molar-refractivity contribution in [1.29, 1.82) is 0 Å². The lowest BCUT2D eigenvalue weighted by Crippen LogP contribution is -2.28. The molecule has 0 aliphatic heterocycles. The first-order valence-electron chi connectivity index (χ1n) is 7.49. The minimum absolute atomic E-state index is 0.116. The summed E-state index contributed by atoms with van der Waals surface area (Å²) < 4.78 is 46.3. The fourth-order valence-corrected chi connectivity index (χ4v) is 2.03. The molecule has 2 aromatic rings. The maximum absolute atomic E-state index is 12.4. The van der Waals surface area contributed by atoms with E-state index in [1.165, 1.54) is 18.2 Å². The lowest BCUT2D eigenvalue weighted by Gasteiger charge is -2.14. The topological polar surface area (TPSA) is 59.6 Å². The second-order valence-corrected chi connectivity index (χ2v) is 4.92. The highest BCUT2D eigenvalue weighted by Gasteiger charge is 2.31. The molecule has 0 aliphatic carbocycles. The van der Waals surface area contributed by atoms with Gasteiger partial charge in [0.25, 0.3) is 0 Å². The van der Waals surface area contributed by atoms with Crippen molar-refractivity contribution in [3.63, 3.8) is 0 Å². The molecule has 0 heterocycles. The number of benzene rings is 2. The number of rotatable bonds is 6. The molecule has 0 saturated heterocycles. The van der Waals surface area contributed by atoms with Crippen LogP contribution in [0.2, 0.25) is 0 Å². The van der Waals surface area contributed by atoms with Gasteiger partial charge in [-0.3, -0.25) is 0 Å². The van der Waals surface area contributed by atoms with E-state index in [0.29, 0.717) is 18.0 Å². The van der Waals surface area contributed by atoms with Gasteiger partial charge < -0.3 is 20.1 Å². The standard InChI is InChI=1S/C17H17F3N2O3/c1-2-24-14-9-7-13(8-10-14)22-16(23)21-11-12-5-3-4-6-15(12)25-17(18,19)20/h3-10H,2,11H2,1H3,(H2,21,22,23). The number of halogens is 3. The van der Waals surface area contributed by atoms with Crippen LogP contribution >= 0.6 is 0 Å². The summed E-state index contributed by atoms with van der Waals surface area (Å²) in [7, 11) is 0. The summed E-state index contributed by atoms with van der Waals surface area (Å²) in [6, 6.07) is 11.8. The Labute approximate surface area is 142 Å². The van der Waals surface area contributed by atoms with Gasteiger partial charge in [-0.15, -0.1) is 13.2 Å². The molecule has 2 rings (SSSR count). The normalized spacial score (nSPS) is 10.9. The first kappa shape index (κ1) is 18.4. The van der Waals surface area contributed by atoms with Crippen LogP contribution in [0.5, 0.6) is 11.5 Å². The van der Waals surface area contributed by atoms with Crippen molar-refractivity contribution >= 4 is 11.7 Å². The number of anilines is 1. The van der Waals surface area contributed by atoms with Gasteiger partial charge >= 0.3 is 12.4 Å². The van der Waals surface area contributed by atoms with Crippen molar-refractivity contribution in [2.45, 2.75) is 19.8 Å². The maximum atomic E-state index is 12.4. The SMILES string of the molecule is CCOc1ccc(NC(=O)NCc2ccccc2OC(F)(F)F)cc1. The summed E-state index contributed by atoms with van der Waals surface area (Å²) >= 11 is 0. The molecule has 25 heavy (non-hydrogen) atoms. The molecule has 0 fully saturated rings. The number of amides is 2. The van der Waals surface area contributed by atoms with Crippen LogP contribution in [0.25, 0.3) is 0 Å². The third-order valence-corrected chi connectivity index (χ3v) is 3.06. The number of alkyl halides is 3. The van der Waals surface area contributed by atoms with Gasteiger partial charge in [-0.25, -0.2) is 4.79 Å². The number of hydrogen-bond donors (Lipinski definition) is 2. The molecule has 0 bridgehead atoms. The van der Waals surface area contributed by atoms with Crippen LogP contribution in [0.3, 0.4) is 0 Å². The van der Waals surface area contributed by atoms with Crippen molar-refractivity contribution in [2.24, 2.45) is 0 Å². The van der Waals surface area contributed by atoms with Gasteiger partial charge in [0, 0.05) is 17.8 Å². The molecule has 2 N–H and O–H groups in total. The minimum Gasteiger partial charge on any atom is -0.494 e. The lowest BCUT2D eigenvalue weighted by molar-refractivity contribution is -0.274. The number of hydrogen-bond acceptors (Lipinski definition) is 3. The zero-order valence-electron chi connectivity index (χ0n) is 13.4. The summed E-state index contributed by atoms with van der Waals surface area (Å²) in [4.78, 5) is 11.9. The van der Waals surface area contributed by atoms with E-state index >= 15 is 0 Å². The third-order valence-electron chi connectivity index (χ3n) is 3.06. The molecule has 0 unspecified atom stereocenters. The molecule has 8 heteroatoms. The van der Waals surface area contributed by atoms with Crippen LogP contribution in [0.1, 0.15) is 12.5 Å². The summed E-state index contributed by atoms with van der Waals surface area (Å²) in [5, 5.41) is 5.07. The highest BCUT2D eigenvalue weighted by Crippen LogP contribution is 2.26. The van der Waals surface area contributed by atoms with Crippen LogP contribution in [-0.2, 0) is 6.54 Å². The Morgan fingerprint density at radius 2 is 1.76 bits per heavy atom. The second kappa shape index (κ2) is 8.27. The molecular formula is C17H17F3N2O3. The number of urea groups is 1. The number of ether oxygens (including phenoxy) is 2. The highest BCUT2D eigenvalue weighted by atomic mass is 19.4. The lowest BCUT2D eigenvalue weighted by atomic mass is 10.2. The Balaban J connectivity index is 1.92. The molecule has 5 nitrogen and oxygen atoms in total. The average molecular weight is 354 g/mol. The average Bonchev–Trinajstić information content (AvgIpc) is 2.55. The summed E-state index contributed by atoms with van der Waals surface area (Å²) in [5.41, 5.74) is 0.738. The van der Waals surface area contributed by atoms with Gasteiger partial charge in [-0.2, -0.15) is 0 Å². The number of carbonyl (C=O) groups excluding carboxylic acids is 1. The summed E-state index contributed by atoms with van der Waals surface area (Å²) in [6.07, 6.45) is -4.79. The summed E-state index contributed by atoms with van der Waals surface area (Å²) in [6.45, 7) is 2.28. The van der Waals surface area contributed by atoms with Crippen LogP contribution in [-0.4, -0.2) is 19.0 Å². The molecule has 0 spiro atoms. The molecule has 0 atom stereocenters. The molecule has 0 aliphatic rings. The van der Waals surface area contributed by atoms with Crippen molar-refractivity contribution in [3.05, 3.63) is 54.1 Å². The van der Waals surface area contributed by atoms with E-state index < -0.39 is 12.4 Å². The quantitative estimate of drug-likeness (QED) is 0.813. The van der Waals surface area contributed by atoms with E-state index in [1.54, 1.807) is 30.3 Å². The zero-order valence-corrected chi connectivity index (χ0v) is 13.4. The maximum Gasteiger partial charge on any atom is 0.573 e. The molecule has 0 aromatic heterocycles. The second-order valence-electron chi connectivity index (χ2n) is 4.92. The predicted molar refractivity (Wildman–Crippen MR) is 86.6 cm³/mol. The Morgan fingerprint density at radius 1 is 1.08 bits per heavy atom. The largest absolute Gasteiger partial charge is 0.573 e. The molecule has 134 valence electrons. The summed E-state index contributed by atoms with van der Waals surface area (Å²) in [5.74, 6) is 0.322. The number of para-hydroxylation sites is 1. The minimum atomic E-state index is -4.79. The monoisotopic (exact) mass is 354 g/mol. The van der Waals surface area contributed by atoms with Gasteiger partial charge in [0.2, 0.25) is 0 Å². The Morgan fingerprint density at radius 3 is 2.40 bits per heavy atom. The molecule has 0 saturated carbocycles. The molecular weight excluding hydrogens is 337 g/mol. The predicted octanol–water partition coefficient (Wildman–Crippen LogP) is 4.31. The first-order chi connectivity index (χ1) is 11.9. The Bertz CT molecular complexity index is 703. The van der Waals surface area contributed by atoms with Crippen molar-refractivity contribution in [2.75, 3.05) is 11.9 Å². The Kier molecular flexibility index (Phi) is 6.10. The van der Waals surface area contributed by atoms with Gasteiger partial charge in [-0.05, 0) is 37.3 Å². The van der Waals surface area contributed by atoms with Crippen LogP contribution in [0.4, 0.5) is 23.7 Å². The van der Waals surface area contributed by atoms with Gasteiger partial charge in [0.1, 0.15) is 11.5 Å². The molecule has 2 amide bonds. The molecule has 0 radical (unpaired) electrons. The number of carbonyl (C=O) groups is 1. The van der Waals surface area contributed by atoms with Gasteiger partial charge in [-0.1, -0.05) is 18.2 Å². The zero-order chi connectivity index (χ0) is 18.3. The van der Waals surface area contributed by atoms with Gasteiger partial charge in [0.15, 0.2) is 0 Å². The highest BCUT2D eigenvalue weighted by molar-refractivity contribution is 5.89. The smallest absolute Gasteiger partial charge is 0.494 e. The van der Waals surface area contributed by atoms with Crippen molar-refractivity contribution < 1.29 is 27.4 Å². The Hall–Kier alpha value is -2.90. The first-order valence-corrected chi connectivity index (χ1v) is 7.49. The van der Waals surface area contributed by atoms with E-state index in [1.807, 2.05) is 6.92 Å². The third kappa shape index (κ3) is 6.25. The van der Waals surface area contributed by atoms with E-state index in [4.69, 9.17) is 4.74 Å².